The molecule has 0 amide bonds. The van der Waals surface area contributed by atoms with E-state index in [0.29, 0.717) is 29.5 Å². The second kappa shape index (κ2) is 12.9. The molecule has 0 spiro atoms. The molecule has 2 heterocycles. The maximum atomic E-state index is 10.4. The Kier molecular flexibility index (Phi) is 9.24. The van der Waals surface area contributed by atoms with Gasteiger partial charge >= 0.3 is 0 Å². The van der Waals surface area contributed by atoms with Gasteiger partial charge in [0, 0.05) is 49.2 Å². The van der Waals surface area contributed by atoms with Crippen LogP contribution >= 0.6 is 11.8 Å². The minimum Gasteiger partial charge on any atom is -0.390 e. The van der Waals surface area contributed by atoms with Crippen LogP contribution in [0.4, 0.5) is 0 Å². The zero-order chi connectivity index (χ0) is 30.0. The summed E-state index contributed by atoms with van der Waals surface area (Å²) in [5, 5.41) is 33.0. The molecule has 0 saturated heterocycles. The van der Waals surface area contributed by atoms with E-state index in [1.165, 1.54) is 37.7 Å². The molecule has 2 atom stereocenters. The quantitative estimate of drug-likeness (QED) is 0.228. The third-order valence-electron chi connectivity index (χ3n) is 11.3. The van der Waals surface area contributed by atoms with Gasteiger partial charge in [0.15, 0.2) is 0 Å². The lowest BCUT2D eigenvalue weighted by Gasteiger charge is -2.60. The van der Waals surface area contributed by atoms with E-state index in [9.17, 15) is 10.4 Å². The van der Waals surface area contributed by atoms with Crippen LogP contribution in [0.15, 0.2) is 51.0 Å². The van der Waals surface area contributed by atoms with E-state index in [1.54, 1.807) is 18.0 Å². The van der Waals surface area contributed by atoms with Crippen LogP contribution in [0.25, 0.3) is 0 Å². The van der Waals surface area contributed by atoms with E-state index >= 15 is 0 Å². The topological polar surface area (TPSA) is 105 Å². The molecule has 6 aliphatic rings. The molecule has 5 saturated carbocycles. The molecule has 1 aliphatic heterocycles. The van der Waals surface area contributed by atoms with Crippen molar-refractivity contribution >= 4 is 18.0 Å². The van der Waals surface area contributed by atoms with Gasteiger partial charge in [-0.1, -0.05) is 13.0 Å². The second-order valence-corrected chi connectivity index (χ2v) is 15.3. The number of nitrogens with one attached hydrogen (secondary N) is 3. The number of nitriles is 1. The summed E-state index contributed by atoms with van der Waals surface area (Å²) in [6.07, 6.45) is 18.1. The number of pyridine rings is 1. The smallest absolute Gasteiger partial charge is 0.125 e. The fraction of sp³-hybridized carbons (Fsp3) is 0.686. The standard InChI is InChI=1S/C35H50N6OS/c1-4-25-14-30(29(18-36)21-40-32(25)39-20-26-6-5-11-37-33(26)43-3)41-22-35-15-24-12-27(16-35)31(28(13-24)17-35)38-19-23-7-9-34(2,42)10-8-23/h5-6,11,21,23-24,27-28,31,38-39,41-42H,4,7-10,12-17,19-20,22H2,1-3H3. The average Bonchev–Trinajstić information content (AvgIpc) is 3.17. The zero-order valence-electron chi connectivity index (χ0n) is 26.3. The van der Waals surface area contributed by atoms with Crippen LogP contribution in [0.5, 0.6) is 0 Å². The van der Waals surface area contributed by atoms with Gasteiger partial charge in [-0.25, -0.2) is 9.98 Å². The Bertz CT molecular complexity index is 1290. The minimum absolute atomic E-state index is 0.334. The molecular weight excluding hydrogens is 552 g/mol. The number of hydrogen-bond donors (Lipinski definition) is 4. The van der Waals surface area contributed by atoms with Crippen molar-refractivity contribution in [3.05, 3.63) is 46.6 Å². The Labute approximate surface area is 262 Å². The van der Waals surface area contributed by atoms with E-state index < -0.39 is 5.60 Å². The van der Waals surface area contributed by atoms with Crippen molar-refractivity contribution in [3.8, 4) is 6.07 Å². The Morgan fingerprint density at radius 2 is 1.91 bits per heavy atom. The van der Waals surface area contributed by atoms with Gasteiger partial charge in [0.1, 0.15) is 16.9 Å². The van der Waals surface area contributed by atoms with Gasteiger partial charge < -0.3 is 21.1 Å². The first-order valence-electron chi connectivity index (χ1n) is 16.6. The second-order valence-electron chi connectivity index (χ2n) is 14.5. The van der Waals surface area contributed by atoms with Crippen LogP contribution in [-0.2, 0) is 6.54 Å². The lowest BCUT2D eigenvalue weighted by atomic mass is 9.48. The Balaban J connectivity index is 1.08. The van der Waals surface area contributed by atoms with Crippen LogP contribution in [0.1, 0.15) is 90.0 Å². The van der Waals surface area contributed by atoms with Gasteiger partial charge in [0.2, 0.25) is 0 Å². The van der Waals surface area contributed by atoms with Crippen molar-refractivity contribution in [1.82, 2.24) is 20.9 Å². The predicted molar refractivity (Wildman–Crippen MR) is 174 cm³/mol. The highest BCUT2D eigenvalue weighted by atomic mass is 32.2. The lowest BCUT2D eigenvalue weighted by molar-refractivity contribution is -0.0758. The third kappa shape index (κ3) is 6.84. The summed E-state index contributed by atoms with van der Waals surface area (Å²) in [5.41, 5.74) is 3.96. The molecule has 0 radical (unpaired) electrons. The fourth-order valence-corrected chi connectivity index (χ4v) is 9.74. The zero-order valence-corrected chi connectivity index (χ0v) is 27.1. The number of hydrogen-bond acceptors (Lipinski definition) is 8. The van der Waals surface area contributed by atoms with Crippen molar-refractivity contribution in [2.24, 2.45) is 34.1 Å². The molecule has 4 N–H and O–H groups in total. The van der Waals surface area contributed by atoms with Crippen molar-refractivity contribution in [2.75, 3.05) is 19.3 Å². The molecule has 232 valence electrons. The molecule has 8 heteroatoms. The fourth-order valence-electron chi connectivity index (χ4n) is 9.17. The highest BCUT2D eigenvalue weighted by Gasteiger charge is 2.55. The van der Waals surface area contributed by atoms with E-state index in [2.05, 4.69) is 46.2 Å². The first kappa shape index (κ1) is 30.7. The maximum absolute atomic E-state index is 10.4. The first-order valence-corrected chi connectivity index (χ1v) is 17.8. The number of rotatable bonds is 11. The monoisotopic (exact) mass is 602 g/mol. The van der Waals surface area contributed by atoms with Gasteiger partial charge in [-0.3, -0.25) is 0 Å². The molecule has 7 rings (SSSR count). The number of nitrogens with zero attached hydrogens (tertiary/aromatic N) is 3. The largest absolute Gasteiger partial charge is 0.390 e. The summed E-state index contributed by atoms with van der Waals surface area (Å²) in [4.78, 5) is 9.27. The number of aliphatic imine (C=N–C) groups is 1. The van der Waals surface area contributed by atoms with E-state index in [0.717, 1.165) is 91.5 Å². The molecule has 4 bridgehead atoms. The highest BCUT2D eigenvalue weighted by molar-refractivity contribution is 7.98. The predicted octanol–water partition coefficient (Wildman–Crippen LogP) is 6.08. The van der Waals surface area contributed by atoms with Crippen LogP contribution in [-0.4, -0.2) is 47.3 Å². The van der Waals surface area contributed by atoms with E-state index in [4.69, 9.17) is 4.99 Å². The molecule has 2 unspecified atom stereocenters. The van der Waals surface area contributed by atoms with Gasteiger partial charge in [0.05, 0.1) is 11.2 Å². The molecule has 5 fully saturated rings. The molecule has 7 nitrogen and oxygen atoms in total. The van der Waals surface area contributed by atoms with Crippen LogP contribution < -0.4 is 16.0 Å². The van der Waals surface area contributed by atoms with Crippen LogP contribution in [0.2, 0.25) is 0 Å². The summed E-state index contributed by atoms with van der Waals surface area (Å²) < 4.78 is 0. The molecule has 1 aromatic heterocycles. The SMILES string of the molecule is CCC1=C(NCc2cccnc2SC)N=CC(C#N)=C(NCC23CC4CC(C2)C(NCC2CCC(C)(O)CC2)C(C4)C3)C1. The number of aromatic nitrogens is 1. The molecular formula is C35H50N6OS. The lowest BCUT2D eigenvalue weighted by Crippen LogP contribution is -2.60. The number of aliphatic hydroxyl groups is 1. The normalized spacial score (nSPS) is 35.2. The van der Waals surface area contributed by atoms with Gasteiger partial charge in [0.25, 0.3) is 0 Å². The summed E-state index contributed by atoms with van der Waals surface area (Å²) in [5.74, 6) is 3.97. The summed E-state index contributed by atoms with van der Waals surface area (Å²) >= 11 is 1.66. The van der Waals surface area contributed by atoms with Gasteiger partial charge in [-0.05, 0) is 125 Å². The minimum atomic E-state index is -0.452. The van der Waals surface area contributed by atoms with Crippen molar-refractivity contribution < 1.29 is 5.11 Å². The first-order chi connectivity index (χ1) is 20.8. The van der Waals surface area contributed by atoms with E-state index in [1.807, 2.05) is 19.2 Å². The van der Waals surface area contributed by atoms with Gasteiger partial charge in [-0.2, -0.15) is 5.26 Å². The van der Waals surface area contributed by atoms with E-state index in [-0.39, 0.29) is 0 Å². The van der Waals surface area contributed by atoms with Gasteiger partial charge in [-0.15, -0.1) is 11.8 Å². The maximum Gasteiger partial charge on any atom is 0.125 e. The van der Waals surface area contributed by atoms with Crippen molar-refractivity contribution in [1.29, 1.82) is 5.26 Å². The molecule has 43 heavy (non-hydrogen) atoms. The number of thioether (sulfide) groups is 1. The Hall–Kier alpha value is -2.34. The molecule has 1 aromatic rings. The summed E-state index contributed by atoms with van der Waals surface area (Å²) in [6.45, 7) is 6.92. The molecule has 0 aromatic carbocycles. The third-order valence-corrected chi connectivity index (χ3v) is 12.1. The van der Waals surface area contributed by atoms with Crippen molar-refractivity contribution in [3.63, 3.8) is 0 Å². The summed E-state index contributed by atoms with van der Waals surface area (Å²) in [7, 11) is 0. The molecule has 5 aliphatic carbocycles. The van der Waals surface area contributed by atoms with Crippen LogP contribution in [0, 0.1) is 40.4 Å². The Morgan fingerprint density at radius 1 is 1.14 bits per heavy atom. The summed E-state index contributed by atoms with van der Waals surface area (Å²) in [6, 6.07) is 7.18. The van der Waals surface area contributed by atoms with Crippen molar-refractivity contribution in [2.45, 2.75) is 108 Å². The number of allylic oxidation sites excluding steroid dienone is 2. The average molecular weight is 603 g/mol. The Morgan fingerprint density at radius 3 is 2.60 bits per heavy atom. The van der Waals surface area contributed by atoms with Crippen LogP contribution in [0.3, 0.4) is 0 Å². The highest BCUT2D eigenvalue weighted by Crippen LogP contribution is 2.60.